The second-order valence-corrected chi connectivity index (χ2v) is 6.68. The minimum atomic E-state index is -0.259. The fourth-order valence-electron chi connectivity index (χ4n) is 2.33. The molecule has 108 valence electrons. The van der Waals surface area contributed by atoms with E-state index in [1.165, 1.54) is 18.4 Å². The van der Waals surface area contributed by atoms with Crippen molar-refractivity contribution >= 4 is 40.4 Å². The van der Waals surface area contributed by atoms with Crippen molar-refractivity contribution in [3.63, 3.8) is 0 Å². The van der Waals surface area contributed by atoms with Gasteiger partial charge in [-0.3, -0.25) is 14.5 Å². The molecular formula is C15H13ClN2O2S. The summed E-state index contributed by atoms with van der Waals surface area (Å²) in [5, 5.41) is 3.32. The molecule has 1 atom stereocenters. The molecule has 2 aromatic rings. The number of hydrogen-bond donors (Lipinski definition) is 1. The minimum Gasteiger partial charge on any atom is -0.378 e. The highest BCUT2D eigenvalue weighted by atomic mass is 35.5. The van der Waals surface area contributed by atoms with Gasteiger partial charge in [-0.15, -0.1) is 11.3 Å². The number of benzene rings is 1. The summed E-state index contributed by atoms with van der Waals surface area (Å²) in [6.45, 7) is 2.02. The van der Waals surface area contributed by atoms with Gasteiger partial charge < -0.3 is 5.32 Å². The Balaban J connectivity index is 1.85. The number of rotatable bonds is 3. The van der Waals surface area contributed by atoms with E-state index in [0.29, 0.717) is 11.1 Å². The predicted octanol–water partition coefficient (Wildman–Crippen LogP) is 3.80. The lowest BCUT2D eigenvalue weighted by molar-refractivity contribution is 0.0693. The van der Waals surface area contributed by atoms with Gasteiger partial charge in [0.05, 0.1) is 21.5 Å². The fraction of sp³-hybridized carbons (Fsp3) is 0.200. The average molecular weight is 321 g/mol. The van der Waals surface area contributed by atoms with Gasteiger partial charge in [0.2, 0.25) is 0 Å². The molecule has 1 aromatic carbocycles. The van der Waals surface area contributed by atoms with Crippen LogP contribution in [0, 0.1) is 0 Å². The van der Waals surface area contributed by atoms with Crippen molar-refractivity contribution in [2.24, 2.45) is 0 Å². The number of nitrogens with zero attached hydrogens (tertiary/aromatic N) is 1. The van der Waals surface area contributed by atoms with Crippen LogP contribution < -0.4 is 5.32 Å². The SMILES string of the molecule is CC(Nc1ccc2c(c1)C(=O)N(C)C2=O)c1ccc(Cl)s1. The van der Waals surface area contributed by atoms with E-state index in [2.05, 4.69) is 5.32 Å². The summed E-state index contributed by atoms with van der Waals surface area (Å²) < 4.78 is 0.745. The molecule has 1 N–H and O–H groups in total. The molecule has 1 aliphatic heterocycles. The van der Waals surface area contributed by atoms with E-state index < -0.39 is 0 Å². The number of thiophene rings is 1. The Morgan fingerprint density at radius 3 is 2.52 bits per heavy atom. The van der Waals surface area contributed by atoms with Crippen LogP contribution in [0.5, 0.6) is 0 Å². The molecule has 0 spiro atoms. The van der Waals surface area contributed by atoms with Crippen LogP contribution in [-0.4, -0.2) is 23.8 Å². The highest BCUT2D eigenvalue weighted by Crippen LogP contribution is 2.30. The monoisotopic (exact) mass is 320 g/mol. The van der Waals surface area contributed by atoms with Crippen LogP contribution in [0.4, 0.5) is 5.69 Å². The van der Waals surface area contributed by atoms with Crippen molar-refractivity contribution < 1.29 is 9.59 Å². The number of imide groups is 1. The molecule has 1 unspecified atom stereocenters. The Morgan fingerprint density at radius 1 is 1.14 bits per heavy atom. The first-order chi connectivity index (χ1) is 9.97. The first-order valence-corrected chi connectivity index (χ1v) is 7.65. The molecule has 0 aliphatic carbocycles. The molecule has 2 heterocycles. The number of halogens is 1. The second-order valence-electron chi connectivity index (χ2n) is 4.94. The summed E-state index contributed by atoms with van der Waals surface area (Å²) in [6, 6.07) is 9.14. The van der Waals surface area contributed by atoms with Gasteiger partial charge in [0, 0.05) is 17.6 Å². The van der Waals surface area contributed by atoms with Crippen LogP contribution in [-0.2, 0) is 0 Å². The van der Waals surface area contributed by atoms with Crippen LogP contribution in [0.2, 0.25) is 4.34 Å². The summed E-state index contributed by atoms with van der Waals surface area (Å²) in [6.07, 6.45) is 0. The highest BCUT2D eigenvalue weighted by Gasteiger charge is 2.32. The summed E-state index contributed by atoms with van der Waals surface area (Å²) in [5.41, 5.74) is 1.71. The van der Waals surface area contributed by atoms with Crippen molar-refractivity contribution in [3.05, 3.63) is 50.7 Å². The molecule has 0 radical (unpaired) electrons. The van der Waals surface area contributed by atoms with E-state index in [1.54, 1.807) is 12.1 Å². The Bertz CT molecular complexity index is 741. The molecule has 0 saturated heterocycles. The Labute approximate surface area is 131 Å². The minimum absolute atomic E-state index is 0.0745. The van der Waals surface area contributed by atoms with Gasteiger partial charge in [-0.2, -0.15) is 0 Å². The van der Waals surface area contributed by atoms with Gasteiger partial charge in [-0.25, -0.2) is 0 Å². The quantitative estimate of drug-likeness (QED) is 0.875. The molecule has 2 amide bonds. The predicted molar refractivity (Wildman–Crippen MR) is 84.2 cm³/mol. The number of nitrogens with one attached hydrogen (secondary N) is 1. The van der Waals surface area contributed by atoms with Gasteiger partial charge in [-0.1, -0.05) is 11.6 Å². The Kier molecular flexibility index (Phi) is 3.47. The van der Waals surface area contributed by atoms with Crippen molar-refractivity contribution in [2.75, 3.05) is 12.4 Å². The maximum atomic E-state index is 12.0. The van der Waals surface area contributed by atoms with E-state index in [0.717, 1.165) is 19.8 Å². The molecule has 4 nitrogen and oxygen atoms in total. The van der Waals surface area contributed by atoms with Crippen LogP contribution in [0.25, 0.3) is 0 Å². The normalized spacial score (nSPS) is 15.3. The van der Waals surface area contributed by atoms with Crippen LogP contribution in [0.15, 0.2) is 30.3 Å². The number of fused-ring (bicyclic) bond motifs is 1. The van der Waals surface area contributed by atoms with E-state index in [9.17, 15) is 9.59 Å². The van der Waals surface area contributed by atoms with Crippen molar-refractivity contribution in [1.29, 1.82) is 0 Å². The molecule has 0 saturated carbocycles. The third-order valence-corrected chi connectivity index (χ3v) is 4.91. The molecule has 3 rings (SSSR count). The average Bonchev–Trinajstić information content (AvgIpc) is 2.98. The van der Waals surface area contributed by atoms with Crippen molar-refractivity contribution in [2.45, 2.75) is 13.0 Å². The van der Waals surface area contributed by atoms with Crippen LogP contribution in [0.1, 0.15) is 38.6 Å². The van der Waals surface area contributed by atoms with E-state index in [1.807, 2.05) is 25.1 Å². The zero-order chi connectivity index (χ0) is 15.1. The summed E-state index contributed by atoms with van der Waals surface area (Å²) >= 11 is 7.45. The topological polar surface area (TPSA) is 49.4 Å². The number of carbonyl (C=O) groups is 2. The van der Waals surface area contributed by atoms with Crippen LogP contribution in [0.3, 0.4) is 0 Å². The first kappa shape index (κ1) is 14.1. The second kappa shape index (κ2) is 5.16. The van der Waals surface area contributed by atoms with Crippen LogP contribution >= 0.6 is 22.9 Å². The molecule has 0 fully saturated rings. The standard InChI is InChI=1S/C15H13ClN2O2S/c1-8(12-5-6-13(16)21-12)17-9-3-4-10-11(7-9)15(20)18(2)14(10)19/h3-8,17H,1-2H3. The molecule has 1 aromatic heterocycles. The van der Waals surface area contributed by atoms with Gasteiger partial charge >= 0.3 is 0 Å². The number of carbonyl (C=O) groups excluding carboxylic acids is 2. The van der Waals surface area contributed by atoms with Crippen molar-refractivity contribution in [3.8, 4) is 0 Å². The number of anilines is 1. The third kappa shape index (κ3) is 2.43. The lowest BCUT2D eigenvalue weighted by Gasteiger charge is -2.14. The zero-order valence-electron chi connectivity index (χ0n) is 11.5. The summed E-state index contributed by atoms with van der Waals surface area (Å²) in [7, 11) is 1.49. The molecule has 0 bridgehead atoms. The third-order valence-electron chi connectivity index (χ3n) is 3.49. The van der Waals surface area contributed by atoms with Gasteiger partial charge in [0.1, 0.15) is 0 Å². The molecular weight excluding hydrogens is 308 g/mol. The maximum Gasteiger partial charge on any atom is 0.261 e. The smallest absolute Gasteiger partial charge is 0.261 e. The fourth-order valence-corrected chi connectivity index (χ4v) is 3.40. The van der Waals surface area contributed by atoms with Gasteiger partial charge in [0.15, 0.2) is 0 Å². The Morgan fingerprint density at radius 2 is 1.86 bits per heavy atom. The largest absolute Gasteiger partial charge is 0.378 e. The first-order valence-electron chi connectivity index (χ1n) is 6.45. The molecule has 1 aliphatic rings. The van der Waals surface area contributed by atoms with Gasteiger partial charge in [0.25, 0.3) is 11.8 Å². The Hall–Kier alpha value is -1.85. The lowest BCUT2D eigenvalue weighted by Crippen LogP contribution is -2.24. The summed E-state index contributed by atoms with van der Waals surface area (Å²) in [5.74, 6) is -0.509. The molecule has 21 heavy (non-hydrogen) atoms. The van der Waals surface area contributed by atoms with E-state index in [4.69, 9.17) is 11.6 Å². The zero-order valence-corrected chi connectivity index (χ0v) is 13.1. The lowest BCUT2D eigenvalue weighted by atomic mass is 10.1. The maximum absolute atomic E-state index is 12.0. The summed E-state index contributed by atoms with van der Waals surface area (Å²) in [4.78, 5) is 26.1. The highest BCUT2D eigenvalue weighted by molar-refractivity contribution is 7.16. The molecule has 6 heteroatoms. The van der Waals surface area contributed by atoms with E-state index >= 15 is 0 Å². The van der Waals surface area contributed by atoms with Crippen molar-refractivity contribution in [1.82, 2.24) is 4.90 Å². The van der Waals surface area contributed by atoms with Gasteiger partial charge in [-0.05, 0) is 37.3 Å². The number of hydrogen-bond acceptors (Lipinski definition) is 4. The number of amides is 2. The van der Waals surface area contributed by atoms with E-state index in [-0.39, 0.29) is 17.9 Å².